The Morgan fingerprint density at radius 2 is 0.833 bits per heavy atom. The van der Waals surface area contributed by atoms with Gasteiger partial charge in [-0.25, -0.2) is 0 Å². The van der Waals surface area contributed by atoms with E-state index in [-0.39, 0.29) is 11.5 Å². The molecule has 2 aromatic rings. The monoisotopic (exact) mass is 330 g/mol. The number of aromatic hydroxyl groups is 2. The van der Waals surface area contributed by atoms with Crippen LogP contribution in [0.2, 0.25) is 0 Å². The fraction of sp³-hybridized carbons (Fsp3) is 0.400. The number of hydrogen-bond acceptors (Lipinski definition) is 4. The first-order chi connectivity index (χ1) is 11.7. The van der Waals surface area contributed by atoms with Crippen LogP contribution in [0.25, 0.3) is 0 Å². The lowest BCUT2D eigenvalue weighted by atomic mass is 10.1. The molecule has 4 nitrogen and oxygen atoms in total. The highest BCUT2D eigenvalue weighted by atomic mass is 16.5. The SMILES string of the molecule is Oc1ccc(OCCCCCCCCOc2ccc(O)cc2)cc1. The predicted molar refractivity (Wildman–Crippen MR) is 94.9 cm³/mol. The standard InChI is InChI=1S/C20H26O4/c21-17-7-11-19(12-8-17)23-15-5-3-1-2-4-6-16-24-20-13-9-18(22)10-14-20/h7-14,21-22H,1-6,15-16H2. The Hall–Kier alpha value is -2.36. The summed E-state index contributed by atoms with van der Waals surface area (Å²) >= 11 is 0. The molecule has 130 valence electrons. The lowest BCUT2D eigenvalue weighted by Crippen LogP contribution is -1.98. The molecule has 0 saturated carbocycles. The molecule has 2 rings (SSSR count). The Morgan fingerprint density at radius 3 is 1.21 bits per heavy atom. The van der Waals surface area contributed by atoms with Gasteiger partial charge in [-0.2, -0.15) is 0 Å². The van der Waals surface area contributed by atoms with E-state index in [9.17, 15) is 10.2 Å². The van der Waals surface area contributed by atoms with Crippen molar-refractivity contribution >= 4 is 0 Å². The Labute approximate surface area is 143 Å². The molecule has 0 aromatic heterocycles. The van der Waals surface area contributed by atoms with Crippen molar-refractivity contribution in [2.45, 2.75) is 38.5 Å². The smallest absolute Gasteiger partial charge is 0.119 e. The van der Waals surface area contributed by atoms with Crippen molar-refractivity contribution in [3.63, 3.8) is 0 Å². The molecule has 2 aromatic carbocycles. The topological polar surface area (TPSA) is 58.9 Å². The van der Waals surface area contributed by atoms with Gasteiger partial charge in [0.15, 0.2) is 0 Å². The van der Waals surface area contributed by atoms with Crippen LogP contribution in [0, 0.1) is 0 Å². The van der Waals surface area contributed by atoms with Gasteiger partial charge in [0.05, 0.1) is 13.2 Å². The second-order valence-corrected chi connectivity index (χ2v) is 5.81. The van der Waals surface area contributed by atoms with E-state index in [1.807, 2.05) is 0 Å². The minimum Gasteiger partial charge on any atom is -0.508 e. The third-order valence-corrected chi connectivity index (χ3v) is 3.75. The summed E-state index contributed by atoms with van der Waals surface area (Å²) in [5.41, 5.74) is 0. The Kier molecular flexibility index (Phi) is 7.81. The Morgan fingerprint density at radius 1 is 0.500 bits per heavy atom. The Balaban J connectivity index is 1.40. The average molecular weight is 330 g/mol. The lowest BCUT2D eigenvalue weighted by Gasteiger charge is -2.07. The van der Waals surface area contributed by atoms with Crippen LogP contribution in [-0.2, 0) is 0 Å². The zero-order valence-electron chi connectivity index (χ0n) is 14.0. The molecule has 0 unspecified atom stereocenters. The summed E-state index contributed by atoms with van der Waals surface area (Å²) in [6.45, 7) is 1.43. The molecule has 0 saturated heterocycles. The molecular weight excluding hydrogens is 304 g/mol. The van der Waals surface area contributed by atoms with Gasteiger partial charge in [0.2, 0.25) is 0 Å². The van der Waals surface area contributed by atoms with Crippen LogP contribution in [0.15, 0.2) is 48.5 Å². The van der Waals surface area contributed by atoms with Crippen LogP contribution >= 0.6 is 0 Å². The zero-order chi connectivity index (χ0) is 17.0. The van der Waals surface area contributed by atoms with Gasteiger partial charge in [0.1, 0.15) is 23.0 Å². The first-order valence-electron chi connectivity index (χ1n) is 8.58. The number of phenols is 2. The summed E-state index contributed by atoms with van der Waals surface area (Å²) < 4.78 is 11.2. The molecule has 24 heavy (non-hydrogen) atoms. The second-order valence-electron chi connectivity index (χ2n) is 5.81. The third kappa shape index (κ3) is 7.27. The first kappa shape index (κ1) is 18.0. The number of ether oxygens (including phenoxy) is 2. The van der Waals surface area contributed by atoms with Crippen LogP contribution in [-0.4, -0.2) is 23.4 Å². The predicted octanol–water partition coefficient (Wildman–Crippen LogP) is 4.90. The Bertz CT molecular complexity index is 510. The average Bonchev–Trinajstić information content (AvgIpc) is 2.60. The maximum absolute atomic E-state index is 9.19. The van der Waals surface area contributed by atoms with Gasteiger partial charge >= 0.3 is 0 Å². The quantitative estimate of drug-likeness (QED) is 0.576. The molecule has 0 amide bonds. The molecule has 0 aliphatic heterocycles. The van der Waals surface area contributed by atoms with E-state index in [1.165, 1.54) is 12.8 Å². The van der Waals surface area contributed by atoms with Crippen LogP contribution in [0.5, 0.6) is 23.0 Å². The highest BCUT2D eigenvalue weighted by Crippen LogP contribution is 2.17. The molecule has 0 atom stereocenters. The van der Waals surface area contributed by atoms with Gasteiger partial charge in [0.25, 0.3) is 0 Å². The number of unbranched alkanes of at least 4 members (excludes halogenated alkanes) is 5. The van der Waals surface area contributed by atoms with Crippen LogP contribution in [0.3, 0.4) is 0 Å². The molecular formula is C20H26O4. The fourth-order valence-corrected chi connectivity index (χ4v) is 2.38. The van der Waals surface area contributed by atoms with E-state index in [2.05, 4.69) is 0 Å². The van der Waals surface area contributed by atoms with Crippen molar-refractivity contribution in [1.82, 2.24) is 0 Å². The first-order valence-corrected chi connectivity index (χ1v) is 8.58. The van der Waals surface area contributed by atoms with Gasteiger partial charge in [-0.15, -0.1) is 0 Å². The molecule has 0 aliphatic carbocycles. The summed E-state index contributed by atoms with van der Waals surface area (Å²) in [6, 6.07) is 13.7. The van der Waals surface area contributed by atoms with E-state index in [4.69, 9.17) is 9.47 Å². The molecule has 2 N–H and O–H groups in total. The van der Waals surface area contributed by atoms with Crippen LogP contribution in [0.4, 0.5) is 0 Å². The van der Waals surface area contributed by atoms with Gasteiger partial charge in [-0.3, -0.25) is 0 Å². The highest BCUT2D eigenvalue weighted by molar-refractivity contribution is 5.30. The van der Waals surface area contributed by atoms with Crippen molar-refractivity contribution in [2.75, 3.05) is 13.2 Å². The number of rotatable bonds is 11. The van der Waals surface area contributed by atoms with Crippen LogP contribution < -0.4 is 9.47 Å². The summed E-state index contributed by atoms with van der Waals surface area (Å²) in [6.07, 6.45) is 6.83. The summed E-state index contributed by atoms with van der Waals surface area (Å²) in [7, 11) is 0. The van der Waals surface area contributed by atoms with Crippen molar-refractivity contribution in [3.05, 3.63) is 48.5 Å². The zero-order valence-corrected chi connectivity index (χ0v) is 14.0. The minimum atomic E-state index is 0.261. The molecule has 0 fully saturated rings. The third-order valence-electron chi connectivity index (χ3n) is 3.75. The molecule has 0 spiro atoms. The second kappa shape index (κ2) is 10.4. The van der Waals surface area contributed by atoms with E-state index < -0.39 is 0 Å². The summed E-state index contributed by atoms with van der Waals surface area (Å²) in [5, 5.41) is 18.4. The highest BCUT2D eigenvalue weighted by Gasteiger charge is 1.97. The molecule has 4 heteroatoms. The fourth-order valence-electron chi connectivity index (χ4n) is 2.38. The van der Waals surface area contributed by atoms with Gasteiger partial charge in [-0.1, -0.05) is 25.7 Å². The van der Waals surface area contributed by atoms with Crippen molar-refractivity contribution in [2.24, 2.45) is 0 Å². The van der Waals surface area contributed by atoms with Gasteiger partial charge in [0, 0.05) is 0 Å². The van der Waals surface area contributed by atoms with Crippen molar-refractivity contribution < 1.29 is 19.7 Å². The van der Waals surface area contributed by atoms with Crippen LogP contribution in [0.1, 0.15) is 38.5 Å². The maximum atomic E-state index is 9.19. The number of benzene rings is 2. The summed E-state index contributed by atoms with van der Waals surface area (Å²) in [4.78, 5) is 0. The van der Waals surface area contributed by atoms with Crippen molar-refractivity contribution in [1.29, 1.82) is 0 Å². The summed E-state index contributed by atoms with van der Waals surface area (Å²) in [5.74, 6) is 2.13. The largest absolute Gasteiger partial charge is 0.508 e. The number of hydrogen-bond donors (Lipinski definition) is 2. The van der Waals surface area contributed by atoms with E-state index in [0.717, 1.165) is 50.4 Å². The molecule has 0 heterocycles. The van der Waals surface area contributed by atoms with E-state index >= 15 is 0 Å². The lowest BCUT2D eigenvalue weighted by molar-refractivity contribution is 0.296. The van der Waals surface area contributed by atoms with Gasteiger partial charge in [-0.05, 0) is 61.4 Å². The number of phenolic OH excluding ortho intramolecular Hbond substituents is 2. The van der Waals surface area contributed by atoms with Gasteiger partial charge < -0.3 is 19.7 Å². The van der Waals surface area contributed by atoms with E-state index in [1.54, 1.807) is 48.5 Å². The van der Waals surface area contributed by atoms with E-state index in [0.29, 0.717) is 0 Å². The molecule has 0 bridgehead atoms. The molecule has 0 aliphatic rings. The van der Waals surface area contributed by atoms with Crippen molar-refractivity contribution in [3.8, 4) is 23.0 Å². The normalized spacial score (nSPS) is 10.5. The molecule has 0 radical (unpaired) electrons. The maximum Gasteiger partial charge on any atom is 0.119 e. The minimum absolute atomic E-state index is 0.261.